The number of rotatable bonds is 6. The summed E-state index contributed by atoms with van der Waals surface area (Å²) in [6.07, 6.45) is 6.58. The first kappa shape index (κ1) is 22.0. The topological polar surface area (TPSA) is 79.2 Å². The van der Waals surface area contributed by atoms with E-state index in [9.17, 15) is 9.90 Å². The van der Waals surface area contributed by atoms with E-state index in [1.807, 2.05) is 36.4 Å². The summed E-state index contributed by atoms with van der Waals surface area (Å²) >= 11 is 1.17. The highest BCUT2D eigenvalue weighted by Gasteiger charge is 2.26. The Morgan fingerprint density at radius 1 is 1.06 bits per heavy atom. The van der Waals surface area contributed by atoms with E-state index in [0.717, 1.165) is 49.8 Å². The fourth-order valence-corrected chi connectivity index (χ4v) is 5.58. The van der Waals surface area contributed by atoms with Gasteiger partial charge in [-0.15, -0.1) is 0 Å². The van der Waals surface area contributed by atoms with Gasteiger partial charge in [-0.1, -0.05) is 36.4 Å². The molecule has 5 rings (SSSR count). The van der Waals surface area contributed by atoms with E-state index in [4.69, 9.17) is 0 Å². The van der Waals surface area contributed by atoms with Crippen LogP contribution in [0.3, 0.4) is 0 Å². The molecule has 3 N–H and O–H groups in total. The minimum absolute atomic E-state index is 0.239. The van der Waals surface area contributed by atoms with Crippen LogP contribution < -0.4 is 10.0 Å². The van der Waals surface area contributed by atoms with Crippen LogP contribution in [0, 0.1) is 0 Å². The molecule has 7 heteroatoms. The smallest absolute Gasteiger partial charge is 0.329 e. The third kappa shape index (κ3) is 4.66. The van der Waals surface area contributed by atoms with E-state index in [1.165, 1.54) is 34.2 Å². The Morgan fingerprint density at radius 3 is 2.36 bits per heavy atom. The van der Waals surface area contributed by atoms with E-state index in [2.05, 4.69) is 21.2 Å². The molecule has 0 saturated carbocycles. The van der Waals surface area contributed by atoms with Gasteiger partial charge in [0.1, 0.15) is 10.6 Å². The lowest BCUT2D eigenvalue weighted by molar-refractivity contribution is 0.0688. The number of fused-ring (bicyclic) bond motifs is 2. The Morgan fingerprint density at radius 2 is 1.73 bits per heavy atom. The summed E-state index contributed by atoms with van der Waals surface area (Å²) in [7, 11) is 0. The van der Waals surface area contributed by atoms with Crippen molar-refractivity contribution in [2.24, 2.45) is 0 Å². The molecular formula is C26H30N4O2S. The van der Waals surface area contributed by atoms with E-state index in [-0.39, 0.29) is 6.03 Å². The van der Waals surface area contributed by atoms with Gasteiger partial charge in [0.2, 0.25) is 0 Å². The molecule has 6 nitrogen and oxygen atoms in total. The van der Waals surface area contributed by atoms with Gasteiger partial charge >= 0.3 is 6.03 Å². The minimum Gasteiger partial charge on any atom is -0.384 e. The van der Waals surface area contributed by atoms with Gasteiger partial charge in [0.05, 0.1) is 12.2 Å². The molecule has 0 aliphatic heterocycles. The third-order valence-electron chi connectivity index (χ3n) is 6.52. The quantitative estimate of drug-likeness (QED) is 0.452. The zero-order chi connectivity index (χ0) is 23.0. The molecule has 0 unspecified atom stereocenters. The van der Waals surface area contributed by atoms with Crippen molar-refractivity contribution in [2.75, 3.05) is 5.32 Å². The number of anilines is 1. The number of benzene rings is 2. The van der Waals surface area contributed by atoms with E-state index >= 15 is 0 Å². The maximum atomic E-state index is 12.8. The number of nitrogens with zero attached hydrogens (tertiary/aromatic N) is 2. The van der Waals surface area contributed by atoms with Crippen LogP contribution in [0.5, 0.6) is 0 Å². The maximum Gasteiger partial charge on any atom is 0.329 e. The molecule has 33 heavy (non-hydrogen) atoms. The number of nitrogens with one attached hydrogen (secondary N) is 2. The fourth-order valence-electron chi connectivity index (χ4n) is 5.02. The molecule has 2 amide bonds. The van der Waals surface area contributed by atoms with Crippen molar-refractivity contribution in [3.05, 3.63) is 76.0 Å². The molecule has 1 aromatic heterocycles. The molecule has 2 aromatic carbocycles. The Bertz CT molecular complexity index is 1150. The van der Waals surface area contributed by atoms with Crippen molar-refractivity contribution in [3.63, 3.8) is 0 Å². The number of aliphatic hydroxyl groups is 1. The lowest BCUT2D eigenvalue weighted by Crippen LogP contribution is -2.24. The third-order valence-corrected chi connectivity index (χ3v) is 7.22. The highest BCUT2D eigenvalue weighted by molar-refractivity contribution is 7.97. The summed E-state index contributed by atoms with van der Waals surface area (Å²) < 4.78 is 4.69. The number of carbonyl (C=O) groups excluding carboxylic acids is 1. The predicted octanol–water partition coefficient (Wildman–Crippen LogP) is 4.97. The van der Waals surface area contributed by atoms with Crippen LogP contribution in [-0.2, 0) is 37.8 Å². The van der Waals surface area contributed by atoms with Crippen LogP contribution in [0.15, 0.2) is 47.5 Å². The number of aromatic nitrogens is 2. The second-order valence-corrected chi connectivity index (χ2v) is 10.3. The predicted molar refractivity (Wildman–Crippen MR) is 132 cm³/mol. The molecule has 3 aromatic rings. The van der Waals surface area contributed by atoms with Gasteiger partial charge in [0.25, 0.3) is 0 Å². The van der Waals surface area contributed by atoms with Crippen LogP contribution in [0.25, 0.3) is 0 Å². The summed E-state index contributed by atoms with van der Waals surface area (Å²) in [6.45, 7) is 4.04. The Balaban J connectivity index is 1.31. The molecule has 172 valence electrons. The van der Waals surface area contributed by atoms with Crippen molar-refractivity contribution >= 4 is 23.7 Å². The van der Waals surface area contributed by atoms with Gasteiger partial charge in [-0.25, -0.2) is 4.79 Å². The van der Waals surface area contributed by atoms with Crippen molar-refractivity contribution in [2.45, 2.75) is 69.5 Å². The van der Waals surface area contributed by atoms with Crippen molar-refractivity contribution < 1.29 is 9.90 Å². The zero-order valence-electron chi connectivity index (χ0n) is 19.1. The number of hydrogen-bond donors (Lipinski definition) is 3. The number of carbonyl (C=O) groups is 1. The second-order valence-electron chi connectivity index (χ2n) is 9.46. The molecule has 2 aliphatic rings. The fraction of sp³-hybridized carbons (Fsp3) is 0.385. The van der Waals surface area contributed by atoms with Crippen LogP contribution in [0.1, 0.15) is 60.2 Å². The summed E-state index contributed by atoms with van der Waals surface area (Å²) in [4.78, 5) is 12.8. The van der Waals surface area contributed by atoms with Gasteiger partial charge in [-0.05, 0) is 86.3 Å². The Hall–Kier alpha value is -2.77. The van der Waals surface area contributed by atoms with Crippen LogP contribution >= 0.6 is 11.9 Å². The monoisotopic (exact) mass is 462 g/mol. The summed E-state index contributed by atoms with van der Waals surface area (Å²) in [5.41, 5.74) is 7.20. The highest BCUT2D eigenvalue weighted by Crippen LogP contribution is 2.38. The first-order valence-electron chi connectivity index (χ1n) is 11.6. The van der Waals surface area contributed by atoms with Gasteiger partial charge in [0, 0.05) is 17.6 Å². The molecule has 0 spiro atoms. The second kappa shape index (κ2) is 8.88. The first-order chi connectivity index (χ1) is 15.9. The van der Waals surface area contributed by atoms with Crippen molar-refractivity contribution in [1.29, 1.82) is 0 Å². The van der Waals surface area contributed by atoms with E-state index < -0.39 is 5.60 Å². The molecule has 0 radical (unpaired) electrons. The summed E-state index contributed by atoms with van der Waals surface area (Å²) in [5, 5.41) is 19.1. The van der Waals surface area contributed by atoms with E-state index in [0.29, 0.717) is 17.3 Å². The SMILES string of the molecule is CC(C)(O)c1cc(SNC(=O)Nc2c3c(cc4c2CCC4)CCC3)nn1Cc1ccccc1. The van der Waals surface area contributed by atoms with Crippen LogP contribution in [0.2, 0.25) is 0 Å². The van der Waals surface area contributed by atoms with Gasteiger partial charge in [-0.2, -0.15) is 5.10 Å². The molecule has 2 aliphatic carbocycles. The van der Waals surface area contributed by atoms with Crippen LogP contribution in [-0.4, -0.2) is 20.9 Å². The molecular weight excluding hydrogens is 432 g/mol. The van der Waals surface area contributed by atoms with E-state index in [1.54, 1.807) is 18.5 Å². The van der Waals surface area contributed by atoms with Crippen molar-refractivity contribution in [3.8, 4) is 0 Å². The van der Waals surface area contributed by atoms with Gasteiger partial charge < -0.3 is 10.4 Å². The number of hydrogen-bond acceptors (Lipinski definition) is 4. The lowest BCUT2D eigenvalue weighted by atomic mass is 9.99. The van der Waals surface area contributed by atoms with Crippen LogP contribution in [0.4, 0.5) is 10.5 Å². The molecule has 0 bridgehead atoms. The number of urea groups is 1. The molecule has 0 atom stereocenters. The maximum absolute atomic E-state index is 12.8. The minimum atomic E-state index is -1.05. The molecule has 0 saturated heterocycles. The Labute approximate surface area is 198 Å². The van der Waals surface area contributed by atoms with Gasteiger partial charge in [-0.3, -0.25) is 9.40 Å². The lowest BCUT2D eigenvalue weighted by Gasteiger charge is -2.19. The largest absolute Gasteiger partial charge is 0.384 e. The van der Waals surface area contributed by atoms with Gasteiger partial charge in [0.15, 0.2) is 0 Å². The molecule has 0 fully saturated rings. The summed E-state index contributed by atoms with van der Waals surface area (Å²) in [5.74, 6) is 0. The first-order valence-corrected chi connectivity index (χ1v) is 12.4. The molecule has 1 heterocycles. The Kier molecular flexibility index (Phi) is 5.93. The van der Waals surface area contributed by atoms with Crippen molar-refractivity contribution in [1.82, 2.24) is 14.5 Å². The number of aryl methyl sites for hydroxylation is 2. The summed E-state index contributed by atoms with van der Waals surface area (Å²) in [6, 6.07) is 14.0. The average Bonchev–Trinajstić information content (AvgIpc) is 3.52. The normalized spacial score (nSPS) is 14.8. The highest BCUT2D eigenvalue weighted by atomic mass is 32.2. The zero-order valence-corrected chi connectivity index (χ0v) is 20.0. The number of amides is 2. The standard InChI is InChI=1S/C26H30N4O2S/c1-26(2,32)22-15-23(28-30(22)16-17-8-4-3-5-9-17)33-29-25(31)27-24-20-12-6-10-18(20)14-19-11-7-13-21(19)24/h3-5,8-9,14-15,32H,6-7,10-13,16H2,1-2H3,(H2,27,29,31). The average molecular weight is 463 g/mol.